The van der Waals surface area contributed by atoms with Gasteiger partial charge in [0.15, 0.2) is 0 Å². The van der Waals surface area contributed by atoms with Crippen molar-refractivity contribution in [1.82, 2.24) is 4.98 Å². The van der Waals surface area contributed by atoms with E-state index in [0.717, 1.165) is 21.9 Å². The number of furan rings is 1. The van der Waals surface area contributed by atoms with E-state index in [1.165, 1.54) is 10.8 Å². The Bertz CT molecular complexity index is 845. The summed E-state index contributed by atoms with van der Waals surface area (Å²) < 4.78 is 5.42. The van der Waals surface area contributed by atoms with Crippen molar-refractivity contribution in [2.45, 2.75) is 0 Å². The van der Waals surface area contributed by atoms with E-state index in [0.29, 0.717) is 0 Å². The minimum Gasteiger partial charge on any atom is -0.464 e. The Morgan fingerprint density at radius 1 is 0.882 bits per heavy atom. The van der Waals surface area contributed by atoms with Crippen LogP contribution in [0.15, 0.2) is 59.3 Å². The average molecular weight is 219 g/mol. The summed E-state index contributed by atoms with van der Waals surface area (Å²) in [7, 11) is 0. The lowest BCUT2D eigenvalue weighted by atomic mass is 10.0. The number of hydrogen-bond acceptors (Lipinski definition) is 2. The van der Waals surface area contributed by atoms with Gasteiger partial charge in [-0.2, -0.15) is 0 Å². The lowest BCUT2D eigenvalue weighted by molar-refractivity contribution is 0.616. The minimum absolute atomic E-state index is 0.931. The highest BCUT2D eigenvalue weighted by Crippen LogP contribution is 2.29. The maximum atomic E-state index is 5.42. The number of pyridine rings is 1. The van der Waals surface area contributed by atoms with Crippen LogP contribution in [-0.4, -0.2) is 4.98 Å². The van der Waals surface area contributed by atoms with Crippen LogP contribution in [0.5, 0.6) is 0 Å². The highest BCUT2D eigenvalue weighted by atomic mass is 16.3. The molecule has 2 heterocycles. The molecule has 4 rings (SSSR count). The largest absolute Gasteiger partial charge is 0.464 e. The molecule has 2 nitrogen and oxygen atoms in total. The van der Waals surface area contributed by atoms with E-state index in [2.05, 4.69) is 29.2 Å². The Morgan fingerprint density at radius 2 is 1.88 bits per heavy atom. The normalized spacial score (nSPS) is 11.5. The Labute approximate surface area is 97.5 Å². The van der Waals surface area contributed by atoms with Crippen LogP contribution in [0.4, 0.5) is 0 Å². The van der Waals surface area contributed by atoms with E-state index in [-0.39, 0.29) is 0 Å². The van der Waals surface area contributed by atoms with Gasteiger partial charge in [0.2, 0.25) is 0 Å². The van der Waals surface area contributed by atoms with Gasteiger partial charge >= 0.3 is 0 Å². The van der Waals surface area contributed by atoms with E-state index in [4.69, 9.17) is 4.42 Å². The standard InChI is InChI=1S/C15H9NO/c1-2-11-8-13-10(9-14(11)16-6-1)3-4-15-12(13)5-7-17-15/h1-9H. The molecule has 2 aromatic carbocycles. The summed E-state index contributed by atoms with van der Waals surface area (Å²) in [5, 5.41) is 4.74. The molecule has 2 aromatic heterocycles. The van der Waals surface area contributed by atoms with Crippen LogP contribution in [0, 0.1) is 0 Å². The monoisotopic (exact) mass is 219 g/mol. The summed E-state index contributed by atoms with van der Waals surface area (Å²) in [4.78, 5) is 4.38. The van der Waals surface area contributed by atoms with Crippen LogP contribution in [0.1, 0.15) is 0 Å². The molecule has 0 bridgehead atoms. The van der Waals surface area contributed by atoms with Crippen molar-refractivity contribution in [2.75, 3.05) is 0 Å². The van der Waals surface area contributed by atoms with Gasteiger partial charge in [0.25, 0.3) is 0 Å². The van der Waals surface area contributed by atoms with Crippen molar-refractivity contribution in [3.8, 4) is 0 Å². The van der Waals surface area contributed by atoms with Crippen molar-refractivity contribution < 1.29 is 4.42 Å². The second kappa shape index (κ2) is 3.08. The third kappa shape index (κ3) is 1.18. The van der Waals surface area contributed by atoms with Gasteiger partial charge in [-0.1, -0.05) is 12.1 Å². The highest BCUT2D eigenvalue weighted by Gasteiger charge is 2.04. The average Bonchev–Trinajstić information content (AvgIpc) is 2.85. The van der Waals surface area contributed by atoms with Gasteiger partial charge in [0, 0.05) is 17.0 Å². The summed E-state index contributed by atoms with van der Waals surface area (Å²) in [6.07, 6.45) is 3.56. The lowest BCUT2D eigenvalue weighted by Crippen LogP contribution is -1.79. The Hall–Kier alpha value is -2.35. The van der Waals surface area contributed by atoms with Crippen molar-refractivity contribution in [1.29, 1.82) is 0 Å². The predicted molar refractivity (Wildman–Crippen MR) is 69.0 cm³/mol. The van der Waals surface area contributed by atoms with Gasteiger partial charge in [-0.3, -0.25) is 4.98 Å². The summed E-state index contributed by atoms with van der Waals surface area (Å²) >= 11 is 0. The second-order valence-electron chi connectivity index (χ2n) is 4.17. The van der Waals surface area contributed by atoms with E-state index in [1.807, 2.05) is 24.4 Å². The topological polar surface area (TPSA) is 26.0 Å². The SMILES string of the molecule is c1cnc2cc3ccc4occc4c3cc2c1. The van der Waals surface area contributed by atoms with Gasteiger partial charge in [0.05, 0.1) is 11.8 Å². The summed E-state index contributed by atoms with van der Waals surface area (Å²) in [5.41, 5.74) is 1.96. The fourth-order valence-corrected chi connectivity index (χ4v) is 2.35. The molecular weight excluding hydrogens is 210 g/mol. The molecule has 0 saturated carbocycles. The number of hydrogen-bond donors (Lipinski definition) is 0. The molecular formula is C15H9NO. The van der Waals surface area contributed by atoms with Crippen molar-refractivity contribution in [2.24, 2.45) is 0 Å². The first-order valence-electron chi connectivity index (χ1n) is 5.56. The molecule has 0 fully saturated rings. The number of rotatable bonds is 0. The maximum absolute atomic E-state index is 5.42. The van der Waals surface area contributed by atoms with Gasteiger partial charge in [-0.15, -0.1) is 0 Å². The smallest absolute Gasteiger partial charge is 0.134 e. The van der Waals surface area contributed by atoms with E-state index < -0.39 is 0 Å². The van der Waals surface area contributed by atoms with Crippen LogP contribution in [-0.2, 0) is 0 Å². The zero-order valence-electron chi connectivity index (χ0n) is 9.05. The highest BCUT2D eigenvalue weighted by molar-refractivity contribution is 6.10. The summed E-state index contributed by atoms with van der Waals surface area (Å²) in [6, 6.07) is 14.4. The molecule has 0 aliphatic heterocycles. The Kier molecular flexibility index (Phi) is 1.59. The van der Waals surface area contributed by atoms with E-state index in [9.17, 15) is 0 Å². The molecule has 80 valence electrons. The lowest BCUT2D eigenvalue weighted by Gasteiger charge is -2.02. The molecule has 0 amide bonds. The fourth-order valence-electron chi connectivity index (χ4n) is 2.35. The molecule has 0 radical (unpaired) electrons. The third-order valence-corrected chi connectivity index (χ3v) is 3.17. The van der Waals surface area contributed by atoms with Crippen LogP contribution in [0.2, 0.25) is 0 Å². The zero-order chi connectivity index (χ0) is 11.2. The molecule has 0 N–H and O–H groups in total. The van der Waals surface area contributed by atoms with E-state index in [1.54, 1.807) is 6.26 Å². The fraction of sp³-hybridized carbons (Fsp3) is 0. The molecule has 0 spiro atoms. The molecule has 0 aliphatic carbocycles. The molecule has 0 saturated heterocycles. The van der Waals surface area contributed by atoms with Crippen LogP contribution >= 0.6 is 0 Å². The predicted octanol–water partition coefficient (Wildman–Crippen LogP) is 4.13. The molecule has 2 heteroatoms. The number of aromatic nitrogens is 1. The Balaban J connectivity index is 2.29. The van der Waals surface area contributed by atoms with E-state index >= 15 is 0 Å². The number of fused-ring (bicyclic) bond motifs is 4. The molecule has 17 heavy (non-hydrogen) atoms. The third-order valence-electron chi connectivity index (χ3n) is 3.17. The first kappa shape index (κ1) is 8.76. The van der Waals surface area contributed by atoms with Crippen LogP contribution in [0.25, 0.3) is 32.6 Å². The first-order valence-corrected chi connectivity index (χ1v) is 5.56. The Morgan fingerprint density at radius 3 is 2.88 bits per heavy atom. The zero-order valence-corrected chi connectivity index (χ0v) is 9.05. The second-order valence-corrected chi connectivity index (χ2v) is 4.17. The number of nitrogens with zero attached hydrogens (tertiary/aromatic N) is 1. The van der Waals surface area contributed by atoms with Crippen molar-refractivity contribution >= 4 is 32.6 Å². The number of benzene rings is 2. The summed E-state index contributed by atoms with van der Waals surface area (Å²) in [5.74, 6) is 0. The quantitative estimate of drug-likeness (QED) is 0.415. The minimum atomic E-state index is 0.931. The maximum Gasteiger partial charge on any atom is 0.134 e. The van der Waals surface area contributed by atoms with Crippen LogP contribution < -0.4 is 0 Å². The molecule has 0 aliphatic rings. The first-order chi connectivity index (χ1) is 8.42. The van der Waals surface area contributed by atoms with Crippen molar-refractivity contribution in [3.63, 3.8) is 0 Å². The van der Waals surface area contributed by atoms with Gasteiger partial charge in [-0.25, -0.2) is 0 Å². The summed E-state index contributed by atoms with van der Waals surface area (Å²) in [6.45, 7) is 0. The molecule has 0 unspecified atom stereocenters. The van der Waals surface area contributed by atoms with Crippen molar-refractivity contribution in [3.05, 3.63) is 54.9 Å². The van der Waals surface area contributed by atoms with Gasteiger partial charge < -0.3 is 4.42 Å². The molecule has 4 aromatic rings. The molecule has 0 atom stereocenters. The van der Waals surface area contributed by atoms with Crippen LogP contribution in [0.3, 0.4) is 0 Å². The van der Waals surface area contributed by atoms with Gasteiger partial charge in [-0.05, 0) is 41.1 Å². The van der Waals surface area contributed by atoms with Gasteiger partial charge in [0.1, 0.15) is 5.58 Å².